The van der Waals surface area contributed by atoms with Crippen LogP contribution in [0, 0.1) is 5.92 Å². The molecule has 0 aromatic heterocycles. The maximum atomic E-state index is 12.9. The zero-order valence-corrected chi connectivity index (χ0v) is 14.8. The summed E-state index contributed by atoms with van der Waals surface area (Å²) in [6, 6.07) is 4.99. The Labute approximate surface area is 134 Å². The molecule has 2 atom stereocenters. The summed E-state index contributed by atoms with van der Waals surface area (Å²) in [5, 5.41) is 0. The minimum absolute atomic E-state index is 0.0772. The van der Waals surface area contributed by atoms with Crippen molar-refractivity contribution in [3.05, 3.63) is 22.7 Å². The molecule has 7 heteroatoms. The maximum Gasteiger partial charge on any atom is 0.246 e. The van der Waals surface area contributed by atoms with Crippen molar-refractivity contribution >= 4 is 26.0 Å². The molecule has 21 heavy (non-hydrogen) atoms. The molecular formula is C14H20BrNO4S. The number of nitrogens with zero attached hydrogens (tertiary/aromatic N) is 1. The summed E-state index contributed by atoms with van der Waals surface area (Å²) in [6.07, 6.45) is 0.709. The van der Waals surface area contributed by atoms with E-state index in [0.29, 0.717) is 29.2 Å². The van der Waals surface area contributed by atoms with Crippen LogP contribution in [0.5, 0.6) is 5.75 Å². The Balaban J connectivity index is 2.36. The van der Waals surface area contributed by atoms with Crippen molar-refractivity contribution in [1.29, 1.82) is 0 Å². The molecule has 0 N–H and O–H groups in total. The third-order valence-electron chi connectivity index (χ3n) is 3.90. The van der Waals surface area contributed by atoms with E-state index in [2.05, 4.69) is 22.9 Å². The Morgan fingerprint density at radius 1 is 1.33 bits per heavy atom. The van der Waals surface area contributed by atoms with Crippen molar-refractivity contribution in [2.24, 2.45) is 5.92 Å². The predicted molar refractivity (Wildman–Crippen MR) is 84.0 cm³/mol. The lowest BCUT2D eigenvalue weighted by Crippen LogP contribution is -2.46. The van der Waals surface area contributed by atoms with Gasteiger partial charge >= 0.3 is 0 Å². The van der Waals surface area contributed by atoms with Crippen LogP contribution in [0.25, 0.3) is 0 Å². The van der Waals surface area contributed by atoms with E-state index in [0.717, 1.165) is 6.42 Å². The Morgan fingerprint density at radius 2 is 2.05 bits per heavy atom. The largest absolute Gasteiger partial charge is 0.495 e. The van der Waals surface area contributed by atoms with Crippen LogP contribution in [0.3, 0.4) is 0 Å². The van der Waals surface area contributed by atoms with Gasteiger partial charge in [0.15, 0.2) is 0 Å². The van der Waals surface area contributed by atoms with E-state index in [9.17, 15) is 8.42 Å². The number of ether oxygens (including phenoxy) is 2. The fourth-order valence-corrected chi connectivity index (χ4v) is 4.68. The van der Waals surface area contributed by atoms with Crippen LogP contribution in [0.4, 0.5) is 0 Å². The van der Waals surface area contributed by atoms with E-state index < -0.39 is 10.0 Å². The molecular weight excluding hydrogens is 358 g/mol. The van der Waals surface area contributed by atoms with Crippen LogP contribution in [0.1, 0.15) is 13.3 Å². The SMILES string of the molecule is COc1ccc(Br)cc1S(=O)(=O)N1CCC(C)C(OC)C1. The van der Waals surface area contributed by atoms with Gasteiger partial charge in [-0.15, -0.1) is 0 Å². The van der Waals surface area contributed by atoms with Gasteiger partial charge in [0.25, 0.3) is 0 Å². The van der Waals surface area contributed by atoms with Gasteiger partial charge < -0.3 is 9.47 Å². The molecule has 2 rings (SSSR count). The van der Waals surface area contributed by atoms with Gasteiger partial charge in [-0.25, -0.2) is 8.42 Å². The second-order valence-corrected chi connectivity index (χ2v) is 8.02. The number of hydrogen-bond acceptors (Lipinski definition) is 4. The molecule has 1 saturated heterocycles. The Morgan fingerprint density at radius 3 is 2.67 bits per heavy atom. The lowest BCUT2D eigenvalue weighted by molar-refractivity contribution is 0.0183. The second-order valence-electron chi connectivity index (χ2n) is 5.20. The maximum absolute atomic E-state index is 12.9. The first-order chi connectivity index (χ1) is 9.90. The Bertz CT molecular complexity index is 605. The lowest BCUT2D eigenvalue weighted by atomic mass is 9.97. The van der Waals surface area contributed by atoms with Crippen molar-refractivity contribution in [3.8, 4) is 5.75 Å². The zero-order valence-electron chi connectivity index (χ0n) is 12.4. The fourth-order valence-electron chi connectivity index (χ4n) is 2.52. The first-order valence-electron chi connectivity index (χ1n) is 6.76. The summed E-state index contributed by atoms with van der Waals surface area (Å²) in [7, 11) is -0.503. The molecule has 0 saturated carbocycles. The van der Waals surface area contributed by atoms with Gasteiger partial charge in [-0.2, -0.15) is 4.31 Å². The van der Waals surface area contributed by atoms with Crippen LogP contribution < -0.4 is 4.74 Å². The molecule has 1 fully saturated rings. The number of piperidine rings is 1. The summed E-state index contributed by atoms with van der Waals surface area (Å²) in [4.78, 5) is 0.184. The average Bonchev–Trinajstić information content (AvgIpc) is 2.47. The highest BCUT2D eigenvalue weighted by molar-refractivity contribution is 9.10. The van der Waals surface area contributed by atoms with E-state index in [1.165, 1.54) is 11.4 Å². The predicted octanol–water partition coefficient (Wildman–Crippen LogP) is 2.50. The minimum atomic E-state index is -3.60. The van der Waals surface area contributed by atoms with E-state index in [4.69, 9.17) is 9.47 Å². The number of sulfonamides is 1. The van der Waals surface area contributed by atoms with Crippen molar-refractivity contribution < 1.29 is 17.9 Å². The molecule has 0 radical (unpaired) electrons. The van der Waals surface area contributed by atoms with E-state index in [1.807, 2.05) is 0 Å². The molecule has 2 unspecified atom stereocenters. The van der Waals surface area contributed by atoms with Crippen LogP contribution in [0.15, 0.2) is 27.6 Å². The summed E-state index contributed by atoms with van der Waals surface area (Å²) in [6.45, 7) is 2.95. The van der Waals surface area contributed by atoms with Crippen molar-refractivity contribution in [3.63, 3.8) is 0 Å². The molecule has 5 nitrogen and oxygen atoms in total. The number of halogens is 1. The molecule has 1 aliphatic rings. The van der Waals surface area contributed by atoms with Gasteiger partial charge in [-0.1, -0.05) is 22.9 Å². The molecule has 0 aliphatic carbocycles. The Kier molecular flexibility index (Phi) is 5.29. The topological polar surface area (TPSA) is 55.8 Å². The van der Waals surface area contributed by atoms with Gasteiger partial charge in [-0.05, 0) is 30.5 Å². The average molecular weight is 378 g/mol. The molecule has 0 amide bonds. The molecule has 1 aliphatic heterocycles. The van der Waals surface area contributed by atoms with Gasteiger partial charge in [-0.3, -0.25) is 0 Å². The highest BCUT2D eigenvalue weighted by Gasteiger charge is 2.35. The number of rotatable bonds is 4. The van der Waals surface area contributed by atoms with Gasteiger partial charge in [0, 0.05) is 24.7 Å². The van der Waals surface area contributed by atoms with E-state index >= 15 is 0 Å². The molecule has 118 valence electrons. The summed E-state index contributed by atoms with van der Waals surface area (Å²) < 4.78 is 38.5. The van der Waals surface area contributed by atoms with Crippen LogP contribution in [0.2, 0.25) is 0 Å². The van der Waals surface area contributed by atoms with Gasteiger partial charge in [0.05, 0.1) is 13.2 Å². The van der Waals surface area contributed by atoms with E-state index in [1.54, 1.807) is 25.3 Å². The summed E-state index contributed by atoms with van der Waals surface area (Å²) in [5.41, 5.74) is 0. The lowest BCUT2D eigenvalue weighted by Gasteiger charge is -2.35. The number of hydrogen-bond donors (Lipinski definition) is 0. The first-order valence-corrected chi connectivity index (χ1v) is 9.00. The van der Waals surface area contributed by atoms with E-state index in [-0.39, 0.29) is 11.0 Å². The molecule has 1 aromatic carbocycles. The zero-order chi connectivity index (χ0) is 15.6. The molecule has 1 aromatic rings. The third-order valence-corrected chi connectivity index (χ3v) is 6.28. The highest BCUT2D eigenvalue weighted by Crippen LogP contribution is 2.32. The van der Waals surface area contributed by atoms with Crippen LogP contribution >= 0.6 is 15.9 Å². The van der Waals surface area contributed by atoms with Crippen molar-refractivity contribution in [2.45, 2.75) is 24.3 Å². The van der Waals surface area contributed by atoms with Gasteiger partial charge in [0.1, 0.15) is 10.6 Å². The molecule has 0 spiro atoms. The Hall–Kier alpha value is -0.630. The molecule has 1 heterocycles. The normalized spacial score (nSPS) is 24.0. The smallest absolute Gasteiger partial charge is 0.246 e. The quantitative estimate of drug-likeness (QED) is 0.808. The second kappa shape index (κ2) is 6.64. The van der Waals surface area contributed by atoms with Crippen molar-refractivity contribution in [2.75, 3.05) is 27.3 Å². The number of methoxy groups -OCH3 is 2. The molecule has 0 bridgehead atoms. The highest BCUT2D eigenvalue weighted by atomic mass is 79.9. The van der Waals surface area contributed by atoms with Crippen molar-refractivity contribution in [1.82, 2.24) is 4.31 Å². The summed E-state index contributed by atoms with van der Waals surface area (Å²) >= 11 is 3.31. The van der Waals surface area contributed by atoms with Crippen LogP contribution in [-0.4, -0.2) is 46.1 Å². The third kappa shape index (κ3) is 3.41. The standard InChI is InChI=1S/C14H20BrNO4S/c1-10-6-7-16(9-13(10)20-3)21(17,18)14-8-11(15)4-5-12(14)19-2/h4-5,8,10,13H,6-7,9H2,1-3H3. The monoisotopic (exact) mass is 377 g/mol. The first kappa shape index (κ1) is 16.7. The van der Waals surface area contributed by atoms with Crippen LogP contribution in [-0.2, 0) is 14.8 Å². The fraction of sp³-hybridized carbons (Fsp3) is 0.571. The minimum Gasteiger partial charge on any atom is -0.495 e. The number of benzene rings is 1. The summed E-state index contributed by atoms with van der Waals surface area (Å²) in [5.74, 6) is 0.705. The van der Waals surface area contributed by atoms with Gasteiger partial charge in [0.2, 0.25) is 10.0 Å².